The molecule has 4 nitrogen and oxygen atoms in total. The average molecular weight is 290 g/mol. The highest BCUT2D eigenvalue weighted by Gasteiger charge is 2.36. The fourth-order valence-corrected chi connectivity index (χ4v) is 2.79. The summed E-state index contributed by atoms with van der Waals surface area (Å²) in [5, 5.41) is 3.43. The van der Waals surface area contributed by atoms with Crippen LogP contribution >= 0.6 is 0 Å². The third-order valence-electron chi connectivity index (χ3n) is 3.95. The number of carbonyl (C=O) groups excluding carboxylic acids is 1. The number of carbonyl (C=O) groups is 1. The first-order valence-corrected chi connectivity index (χ1v) is 7.86. The normalized spacial score (nSPS) is 21.5. The number of nitrogens with zero attached hydrogens (tertiary/aromatic N) is 1. The fraction of sp³-hybridized carbons (Fsp3) is 0.588. The van der Waals surface area contributed by atoms with E-state index >= 15 is 0 Å². The molecular weight excluding hydrogens is 264 g/mol. The van der Waals surface area contributed by atoms with Crippen LogP contribution in [0.1, 0.15) is 25.8 Å². The van der Waals surface area contributed by atoms with Gasteiger partial charge in [0, 0.05) is 18.3 Å². The highest BCUT2D eigenvalue weighted by molar-refractivity contribution is 5.95. The fourth-order valence-electron chi connectivity index (χ4n) is 2.79. The van der Waals surface area contributed by atoms with Crippen LogP contribution in [-0.4, -0.2) is 38.3 Å². The zero-order chi connectivity index (χ0) is 15.2. The van der Waals surface area contributed by atoms with Crippen LogP contribution in [0, 0.1) is 12.8 Å². The van der Waals surface area contributed by atoms with Gasteiger partial charge in [0.25, 0.3) is 0 Å². The molecule has 1 aliphatic heterocycles. The molecule has 0 spiro atoms. The lowest BCUT2D eigenvalue weighted by molar-refractivity contribution is -0.122. The van der Waals surface area contributed by atoms with Crippen LogP contribution in [0.2, 0.25) is 0 Å². The smallest absolute Gasteiger partial charge is 0.234 e. The first-order valence-electron chi connectivity index (χ1n) is 7.86. The molecule has 0 radical (unpaired) electrons. The van der Waals surface area contributed by atoms with Crippen LogP contribution in [0.4, 0.5) is 5.69 Å². The molecule has 1 aromatic carbocycles. The number of benzene rings is 1. The monoisotopic (exact) mass is 290 g/mol. The van der Waals surface area contributed by atoms with E-state index in [4.69, 9.17) is 4.74 Å². The summed E-state index contributed by atoms with van der Waals surface area (Å²) < 4.78 is 5.53. The molecule has 0 bridgehead atoms. The van der Waals surface area contributed by atoms with E-state index in [1.807, 2.05) is 36.9 Å². The van der Waals surface area contributed by atoms with Gasteiger partial charge in [0.2, 0.25) is 5.91 Å². The van der Waals surface area contributed by atoms with Gasteiger partial charge < -0.3 is 15.0 Å². The lowest BCUT2D eigenvalue weighted by atomic mass is 10.0. The van der Waals surface area contributed by atoms with Gasteiger partial charge in [0.15, 0.2) is 0 Å². The van der Waals surface area contributed by atoms with Crippen LogP contribution in [0.3, 0.4) is 0 Å². The first-order chi connectivity index (χ1) is 10.2. The van der Waals surface area contributed by atoms with Crippen molar-refractivity contribution in [1.82, 2.24) is 5.32 Å². The zero-order valence-corrected chi connectivity index (χ0v) is 13.3. The van der Waals surface area contributed by atoms with Gasteiger partial charge in [0.1, 0.15) is 0 Å². The van der Waals surface area contributed by atoms with Gasteiger partial charge in [-0.2, -0.15) is 0 Å². The molecule has 1 fully saturated rings. The molecule has 2 rings (SSSR count). The Morgan fingerprint density at radius 1 is 1.38 bits per heavy atom. The Kier molecular flexibility index (Phi) is 5.76. The number of amides is 1. The predicted octanol–water partition coefficient (Wildman–Crippen LogP) is 2.36. The summed E-state index contributed by atoms with van der Waals surface area (Å²) in [6, 6.07) is 8.24. The maximum Gasteiger partial charge on any atom is 0.234 e. The van der Waals surface area contributed by atoms with E-state index < -0.39 is 0 Å². The van der Waals surface area contributed by atoms with Gasteiger partial charge in [-0.1, -0.05) is 19.1 Å². The second kappa shape index (κ2) is 7.57. The molecule has 4 heteroatoms. The Bertz CT molecular complexity index is 476. The number of nitrogens with one attached hydrogen (secondary N) is 1. The minimum Gasteiger partial charge on any atom is -0.379 e. The molecule has 2 atom stereocenters. The molecule has 1 aromatic rings. The van der Waals surface area contributed by atoms with E-state index in [9.17, 15) is 4.79 Å². The summed E-state index contributed by atoms with van der Waals surface area (Å²) in [5.41, 5.74) is 2.14. The number of aryl methyl sites for hydroxylation is 1. The van der Waals surface area contributed by atoms with Gasteiger partial charge >= 0.3 is 0 Å². The second-order valence-electron chi connectivity index (χ2n) is 5.63. The van der Waals surface area contributed by atoms with E-state index in [-0.39, 0.29) is 17.9 Å². The number of hydrogen-bond donors (Lipinski definition) is 1. The molecule has 0 saturated carbocycles. The molecule has 1 amide bonds. The lowest BCUT2D eigenvalue weighted by Gasteiger charge is -2.27. The quantitative estimate of drug-likeness (QED) is 0.874. The topological polar surface area (TPSA) is 41.6 Å². The molecule has 116 valence electrons. The molecular formula is C17H26N2O2. The van der Waals surface area contributed by atoms with Crippen molar-refractivity contribution >= 4 is 11.6 Å². The average Bonchev–Trinajstić information content (AvgIpc) is 2.94. The predicted molar refractivity (Wildman–Crippen MR) is 85.6 cm³/mol. The summed E-state index contributed by atoms with van der Waals surface area (Å²) in [4.78, 5) is 14.7. The minimum atomic E-state index is -0.0861. The van der Waals surface area contributed by atoms with Gasteiger partial charge in [0.05, 0.1) is 19.1 Å². The Labute approximate surface area is 127 Å². The Balaban J connectivity index is 2.12. The highest BCUT2D eigenvalue weighted by atomic mass is 16.5. The number of hydrogen-bond acceptors (Lipinski definition) is 3. The standard InChI is InChI=1S/C17H26N2O2/c1-4-9-18-16-12-21-11-15(16)17(20)19(5-2)14-8-6-7-13(3)10-14/h6-8,10,15-16,18H,4-5,9,11-12H2,1-3H3. The van der Waals surface area contributed by atoms with Crippen molar-refractivity contribution < 1.29 is 9.53 Å². The maximum atomic E-state index is 12.9. The largest absolute Gasteiger partial charge is 0.379 e. The van der Waals surface area contributed by atoms with Crippen LogP contribution < -0.4 is 10.2 Å². The van der Waals surface area contributed by atoms with Crippen molar-refractivity contribution in [3.05, 3.63) is 29.8 Å². The molecule has 0 aliphatic carbocycles. The van der Waals surface area contributed by atoms with Crippen molar-refractivity contribution in [2.24, 2.45) is 5.92 Å². The number of ether oxygens (including phenoxy) is 1. The van der Waals surface area contributed by atoms with E-state index in [0.29, 0.717) is 19.8 Å². The molecule has 1 saturated heterocycles. The van der Waals surface area contributed by atoms with Crippen LogP contribution in [-0.2, 0) is 9.53 Å². The van der Waals surface area contributed by atoms with Crippen molar-refractivity contribution in [1.29, 1.82) is 0 Å². The molecule has 1 N–H and O–H groups in total. The first kappa shape index (κ1) is 16.0. The van der Waals surface area contributed by atoms with E-state index in [2.05, 4.69) is 18.3 Å². The third kappa shape index (κ3) is 3.83. The van der Waals surface area contributed by atoms with Crippen molar-refractivity contribution in [2.75, 3.05) is 31.2 Å². The Morgan fingerprint density at radius 3 is 2.86 bits per heavy atom. The SMILES string of the molecule is CCCNC1COCC1C(=O)N(CC)c1cccc(C)c1. The highest BCUT2D eigenvalue weighted by Crippen LogP contribution is 2.22. The van der Waals surface area contributed by atoms with Crippen molar-refractivity contribution in [3.8, 4) is 0 Å². The van der Waals surface area contributed by atoms with Crippen molar-refractivity contribution in [3.63, 3.8) is 0 Å². The summed E-state index contributed by atoms with van der Waals surface area (Å²) >= 11 is 0. The van der Waals surface area contributed by atoms with Crippen LogP contribution in [0.5, 0.6) is 0 Å². The minimum absolute atomic E-state index is 0.0861. The van der Waals surface area contributed by atoms with Gasteiger partial charge in [-0.15, -0.1) is 0 Å². The number of anilines is 1. The third-order valence-corrected chi connectivity index (χ3v) is 3.95. The molecule has 21 heavy (non-hydrogen) atoms. The summed E-state index contributed by atoms with van der Waals surface area (Å²) in [6.07, 6.45) is 1.06. The van der Waals surface area contributed by atoms with E-state index in [1.54, 1.807) is 0 Å². The van der Waals surface area contributed by atoms with Crippen LogP contribution in [0.25, 0.3) is 0 Å². The van der Waals surface area contributed by atoms with Gasteiger partial charge in [-0.3, -0.25) is 4.79 Å². The second-order valence-corrected chi connectivity index (χ2v) is 5.63. The van der Waals surface area contributed by atoms with Crippen molar-refractivity contribution in [2.45, 2.75) is 33.2 Å². The molecule has 1 heterocycles. The Hall–Kier alpha value is -1.39. The van der Waals surface area contributed by atoms with Crippen LogP contribution in [0.15, 0.2) is 24.3 Å². The number of rotatable bonds is 6. The van der Waals surface area contributed by atoms with Gasteiger partial charge in [-0.25, -0.2) is 0 Å². The Morgan fingerprint density at radius 2 is 2.19 bits per heavy atom. The zero-order valence-electron chi connectivity index (χ0n) is 13.3. The van der Waals surface area contributed by atoms with E-state index in [1.165, 1.54) is 5.56 Å². The summed E-state index contributed by atoms with van der Waals surface area (Å²) in [6.45, 7) is 8.94. The molecule has 1 aliphatic rings. The van der Waals surface area contributed by atoms with Gasteiger partial charge in [-0.05, 0) is 44.5 Å². The molecule has 2 unspecified atom stereocenters. The van der Waals surface area contributed by atoms with E-state index in [0.717, 1.165) is 18.7 Å². The summed E-state index contributed by atoms with van der Waals surface area (Å²) in [7, 11) is 0. The maximum absolute atomic E-state index is 12.9. The molecule has 0 aromatic heterocycles. The lowest BCUT2D eigenvalue weighted by Crippen LogP contribution is -2.46. The summed E-state index contributed by atoms with van der Waals surface area (Å²) in [5.74, 6) is 0.0752.